The summed E-state index contributed by atoms with van der Waals surface area (Å²) in [4.78, 5) is 18.0. The first kappa shape index (κ1) is 15.9. The second kappa shape index (κ2) is 6.35. The molecule has 6 heteroatoms. The minimum absolute atomic E-state index is 0.0737. The van der Waals surface area contributed by atoms with Crippen LogP contribution in [0.4, 0.5) is 0 Å². The molecule has 1 aliphatic carbocycles. The van der Waals surface area contributed by atoms with Gasteiger partial charge in [0.2, 0.25) is 0 Å². The van der Waals surface area contributed by atoms with Crippen molar-refractivity contribution in [3.8, 4) is 5.69 Å². The average Bonchev–Trinajstić information content (AvgIpc) is 3.30. The summed E-state index contributed by atoms with van der Waals surface area (Å²) in [5, 5.41) is 11.5. The molecule has 0 fully saturated rings. The number of carbonyl (C=O) groups is 1. The molecule has 2 aromatic rings. The first-order valence-corrected chi connectivity index (χ1v) is 8.77. The van der Waals surface area contributed by atoms with Crippen LogP contribution in [0.5, 0.6) is 0 Å². The van der Waals surface area contributed by atoms with Crippen molar-refractivity contribution in [2.75, 3.05) is 6.54 Å². The van der Waals surface area contributed by atoms with Gasteiger partial charge in [-0.1, -0.05) is 23.4 Å². The van der Waals surface area contributed by atoms with Crippen LogP contribution in [0.25, 0.3) is 5.69 Å². The average molecular weight is 338 g/mol. The number of aromatic nitrogens is 2. The van der Waals surface area contributed by atoms with Crippen molar-refractivity contribution in [3.63, 3.8) is 0 Å². The van der Waals surface area contributed by atoms with Gasteiger partial charge in [-0.25, -0.2) is 4.68 Å². The zero-order valence-electron chi connectivity index (χ0n) is 14.6. The Morgan fingerprint density at radius 3 is 2.92 bits per heavy atom. The summed E-state index contributed by atoms with van der Waals surface area (Å²) in [6.07, 6.45) is 3.62. The van der Waals surface area contributed by atoms with E-state index in [1.165, 1.54) is 0 Å². The number of nitrogens with zero attached hydrogens (tertiary/aromatic N) is 3. The van der Waals surface area contributed by atoms with Gasteiger partial charge in [0, 0.05) is 17.7 Å². The van der Waals surface area contributed by atoms with Gasteiger partial charge in [0.15, 0.2) is 5.69 Å². The summed E-state index contributed by atoms with van der Waals surface area (Å²) in [7, 11) is 0. The summed E-state index contributed by atoms with van der Waals surface area (Å²) in [5.41, 5.74) is 5.95. The Bertz CT molecular complexity index is 853. The van der Waals surface area contributed by atoms with E-state index in [1.807, 2.05) is 23.7 Å². The molecule has 1 N–H and O–H groups in total. The summed E-state index contributed by atoms with van der Waals surface area (Å²) < 4.78 is 1.95. The Morgan fingerprint density at radius 2 is 2.16 bits per heavy atom. The van der Waals surface area contributed by atoms with E-state index in [0.29, 0.717) is 12.2 Å². The molecule has 1 aromatic heterocycles. The predicted octanol–water partition coefficient (Wildman–Crippen LogP) is 2.56. The van der Waals surface area contributed by atoms with Crippen LogP contribution in [0, 0.1) is 6.92 Å². The standard InChI is InChI=1S/C19H22N4O2/c1-12-6-3-4-8-16(12)23-17-9-5-7-15(17)18(21-23)19(24)20-11-14-10-13(2)22-25-14/h3-4,6,8,14H,5,7,9-11H2,1-2H3,(H,20,24). The highest BCUT2D eigenvalue weighted by atomic mass is 16.6. The summed E-state index contributed by atoms with van der Waals surface area (Å²) in [5.74, 6) is -0.126. The third-order valence-electron chi connectivity index (χ3n) is 4.86. The number of rotatable bonds is 4. The van der Waals surface area contributed by atoms with E-state index in [0.717, 1.165) is 53.9 Å². The lowest BCUT2D eigenvalue weighted by molar-refractivity contribution is 0.0750. The van der Waals surface area contributed by atoms with Crippen LogP contribution in [0.3, 0.4) is 0 Å². The normalized spacial score (nSPS) is 18.6. The number of hydrogen-bond donors (Lipinski definition) is 1. The summed E-state index contributed by atoms with van der Waals surface area (Å²) in [6, 6.07) is 8.14. The van der Waals surface area contributed by atoms with Crippen molar-refractivity contribution < 1.29 is 9.63 Å². The van der Waals surface area contributed by atoms with Crippen LogP contribution < -0.4 is 5.32 Å². The van der Waals surface area contributed by atoms with E-state index in [4.69, 9.17) is 4.84 Å². The van der Waals surface area contributed by atoms with Gasteiger partial charge in [0.05, 0.1) is 17.9 Å². The Hall–Kier alpha value is -2.63. The first-order chi connectivity index (χ1) is 12.1. The maximum Gasteiger partial charge on any atom is 0.272 e. The Kier molecular flexibility index (Phi) is 4.03. The maximum absolute atomic E-state index is 12.7. The maximum atomic E-state index is 12.7. The van der Waals surface area contributed by atoms with Gasteiger partial charge < -0.3 is 10.2 Å². The fourth-order valence-electron chi connectivity index (χ4n) is 3.59. The monoisotopic (exact) mass is 338 g/mol. The van der Waals surface area contributed by atoms with Crippen molar-refractivity contribution in [2.24, 2.45) is 5.16 Å². The first-order valence-electron chi connectivity index (χ1n) is 8.77. The number of carbonyl (C=O) groups excluding carboxylic acids is 1. The van der Waals surface area contributed by atoms with Crippen LogP contribution in [-0.4, -0.2) is 34.0 Å². The number of hydrogen-bond acceptors (Lipinski definition) is 4. The van der Waals surface area contributed by atoms with Crippen LogP contribution in [0.2, 0.25) is 0 Å². The molecule has 0 radical (unpaired) electrons. The van der Waals surface area contributed by atoms with Crippen molar-refractivity contribution in [1.82, 2.24) is 15.1 Å². The number of aryl methyl sites for hydroxylation is 1. The zero-order chi connectivity index (χ0) is 17.4. The molecule has 0 saturated carbocycles. The van der Waals surface area contributed by atoms with E-state index in [-0.39, 0.29) is 12.0 Å². The quantitative estimate of drug-likeness (QED) is 0.931. The van der Waals surface area contributed by atoms with E-state index >= 15 is 0 Å². The van der Waals surface area contributed by atoms with Gasteiger partial charge in [-0.3, -0.25) is 4.79 Å². The molecule has 2 heterocycles. The molecule has 6 nitrogen and oxygen atoms in total. The second-order valence-corrected chi connectivity index (χ2v) is 6.79. The Labute approximate surface area is 146 Å². The molecule has 2 aliphatic rings. The predicted molar refractivity (Wildman–Crippen MR) is 95.3 cm³/mol. The van der Waals surface area contributed by atoms with Gasteiger partial charge in [-0.15, -0.1) is 0 Å². The number of oxime groups is 1. The zero-order valence-corrected chi connectivity index (χ0v) is 14.6. The molecule has 1 aromatic carbocycles. The molecular weight excluding hydrogens is 316 g/mol. The largest absolute Gasteiger partial charge is 0.390 e. The van der Waals surface area contributed by atoms with Crippen molar-refractivity contribution in [3.05, 3.63) is 46.8 Å². The molecule has 0 bridgehead atoms. The van der Waals surface area contributed by atoms with Gasteiger partial charge in [0.1, 0.15) is 6.10 Å². The lowest BCUT2D eigenvalue weighted by Gasteiger charge is -2.09. The van der Waals surface area contributed by atoms with Gasteiger partial charge >= 0.3 is 0 Å². The molecule has 1 atom stereocenters. The molecule has 25 heavy (non-hydrogen) atoms. The van der Waals surface area contributed by atoms with Crippen molar-refractivity contribution >= 4 is 11.6 Å². The third-order valence-corrected chi connectivity index (χ3v) is 4.86. The lowest BCUT2D eigenvalue weighted by atomic mass is 10.1. The number of nitrogens with one attached hydrogen (secondary N) is 1. The molecule has 0 spiro atoms. The van der Waals surface area contributed by atoms with Crippen molar-refractivity contribution in [2.45, 2.75) is 45.6 Å². The number of fused-ring (bicyclic) bond motifs is 1. The number of para-hydroxylation sites is 1. The van der Waals surface area contributed by atoms with Crippen molar-refractivity contribution in [1.29, 1.82) is 0 Å². The second-order valence-electron chi connectivity index (χ2n) is 6.79. The van der Waals surface area contributed by atoms with Gasteiger partial charge in [-0.05, 0) is 44.7 Å². The third kappa shape index (κ3) is 2.92. The SMILES string of the molecule is CC1=NOC(CNC(=O)c2nn(-c3ccccc3C)c3c2CCC3)C1. The number of benzene rings is 1. The Balaban J connectivity index is 1.57. The van der Waals surface area contributed by atoms with Crippen LogP contribution >= 0.6 is 0 Å². The highest BCUT2D eigenvalue weighted by molar-refractivity contribution is 5.94. The van der Waals surface area contributed by atoms with Gasteiger partial charge in [-0.2, -0.15) is 5.10 Å². The van der Waals surface area contributed by atoms with Crippen LogP contribution in [0.1, 0.15) is 47.1 Å². The van der Waals surface area contributed by atoms with Crippen LogP contribution in [0.15, 0.2) is 29.4 Å². The van der Waals surface area contributed by atoms with E-state index in [1.54, 1.807) is 0 Å². The van der Waals surface area contributed by atoms with E-state index in [9.17, 15) is 4.79 Å². The molecule has 1 aliphatic heterocycles. The molecule has 1 amide bonds. The highest BCUT2D eigenvalue weighted by Crippen LogP contribution is 2.28. The van der Waals surface area contributed by atoms with Crippen LogP contribution in [-0.2, 0) is 17.7 Å². The fourth-order valence-corrected chi connectivity index (χ4v) is 3.59. The molecule has 0 saturated heterocycles. The summed E-state index contributed by atoms with van der Waals surface area (Å²) >= 11 is 0. The lowest BCUT2D eigenvalue weighted by Crippen LogP contribution is -2.33. The summed E-state index contributed by atoms with van der Waals surface area (Å²) in [6.45, 7) is 4.45. The van der Waals surface area contributed by atoms with E-state index < -0.39 is 0 Å². The fraction of sp³-hybridized carbons (Fsp3) is 0.421. The Morgan fingerprint density at radius 1 is 1.32 bits per heavy atom. The minimum atomic E-state index is -0.126. The molecular formula is C19H22N4O2. The topological polar surface area (TPSA) is 68.5 Å². The van der Waals surface area contributed by atoms with Gasteiger partial charge in [0.25, 0.3) is 5.91 Å². The highest BCUT2D eigenvalue weighted by Gasteiger charge is 2.28. The molecule has 1 unspecified atom stereocenters. The minimum Gasteiger partial charge on any atom is -0.390 e. The van der Waals surface area contributed by atoms with E-state index in [2.05, 4.69) is 34.6 Å². The number of amides is 1. The molecule has 4 rings (SSSR count). The molecule has 130 valence electrons. The smallest absolute Gasteiger partial charge is 0.272 e.